The van der Waals surface area contributed by atoms with E-state index in [-0.39, 0.29) is 0 Å². The number of rotatable bonds is 0. The summed E-state index contributed by atoms with van der Waals surface area (Å²) in [6.45, 7) is 8.84. The molecular formula is C10H15. The molecule has 0 aromatic rings. The molecule has 10 heavy (non-hydrogen) atoms. The predicted molar refractivity (Wildman–Crippen MR) is 44.5 cm³/mol. The Labute approximate surface area is 63.6 Å². The monoisotopic (exact) mass is 135 g/mol. The van der Waals surface area contributed by atoms with E-state index in [0.29, 0.717) is 11.3 Å². The van der Waals surface area contributed by atoms with Gasteiger partial charge in [0, 0.05) is 0 Å². The van der Waals surface area contributed by atoms with Crippen molar-refractivity contribution < 1.29 is 0 Å². The van der Waals surface area contributed by atoms with Crippen LogP contribution in [0.15, 0.2) is 17.7 Å². The predicted octanol–water partition coefficient (Wildman–Crippen LogP) is 2.97. The lowest BCUT2D eigenvalue weighted by atomic mass is 9.76. The molecule has 1 aliphatic rings. The van der Waals surface area contributed by atoms with E-state index >= 15 is 0 Å². The van der Waals surface area contributed by atoms with Crippen LogP contribution in [0.25, 0.3) is 0 Å². The van der Waals surface area contributed by atoms with Gasteiger partial charge in [-0.2, -0.15) is 0 Å². The Morgan fingerprint density at radius 1 is 1.50 bits per heavy atom. The van der Waals surface area contributed by atoms with E-state index < -0.39 is 0 Å². The summed E-state index contributed by atoms with van der Waals surface area (Å²) < 4.78 is 0. The highest BCUT2D eigenvalue weighted by atomic mass is 14.3. The number of hydrogen-bond acceptors (Lipinski definition) is 0. The van der Waals surface area contributed by atoms with Crippen LogP contribution >= 0.6 is 0 Å². The zero-order valence-corrected chi connectivity index (χ0v) is 7.23. The first kappa shape index (κ1) is 7.59. The first-order chi connectivity index (χ1) is 4.52. The Morgan fingerprint density at radius 3 is 2.50 bits per heavy atom. The number of hydrogen-bond donors (Lipinski definition) is 0. The van der Waals surface area contributed by atoms with E-state index in [2.05, 4.69) is 45.9 Å². The van der Waals surface area contributed by atoms with Gasteiger partial charge in [-0.1, -0.05) is 38.5 Å². The van der Waals surface area contributed by atoms with E-state index in [1.54, 1.807) is 0 Å². The highest BCUT2D eigenvalue weighted by Crippen LogP contribution is 2.33. The highest BCUT2D eigenvalue weighted by molar-refractivity contribution is 5.23. The van der Waals surface area contributed by atoms with Crippen molar-refractivity contribution >= 4 is 0 Å². The van der Waals surface area contributed by atoms with Crippen LogP contribution in [0.5, 0.6) is 0 Å². The summed E-state index contributed by atoms with van der Waals surface area (Å²) in [5.74, 6) is 0.552. The quantitative estimate of drug-likeness (QED) is 0.479. The maximum Gasteiger partial charge on any atom is -0.0101 e. The van der Waals surface area contributed by atoms with Crippen molar-refractivity contribution in [1.82, 2.24) is 0 Å². The molecule has 1 unspecified atom stereocenters. The molecule has 0 heterocycles. The van der Waals surface area contributed by atoms with Gasteiger partial charge in [-0.25, -0.2) is 0 Å². The maximum absolute atomic E-state index is 3.33. The fraction of sp³-hybridized carbons (Fsp3) is 0.600. The van der Waals surface area contributed by atoms with Crippen LogP contribution in [0.2, 0.25) is 0 Å². The average Bonchev–Trinajstić information content (AvgIpc) is 1.78. The lowest BCUT2D eigenvalue weighted by Crippen LogP contribution is -2.20. The smallest absolute Gasteiger partial charge is 0.0101 e. The standard InChI is InChI=1S/C10H15/c1-8-5-6-9(2)10(3,4)7-8/h5,7,9H,1-4H3. The molecule has 0 aromatic heterocycles. The minimum atomic E-state index is 0.304. The van der Waals surface area contributed by atoms with Crippen molar-refractivity contribution in [2.24, 2.45) is 11.3 Å². The molecule has 0 saturated heterocycles. The SMILES string of the molecule is CC1=CC(C)(C)C(C)[C]=C1. The van der Waals surface area contributed by atoms with Crippen molar-refractivity contribution in [3.63, 3.8) is 0 Å². The Bertz CT molecular complexity index is 182. The van der Waals surface area contributed by atoms with Gasteiger partial charge in [0.25, 0.3) is 0 Å². The van der Waals surface area contributed by atoms with Crippen LogP contribution in [0.3, 0.4) is 0 Å². The van der Waals surface area contributed by atoms with Gasteiger partial charge in [0.2, 0.25) is 0 Å². The minimum Gasteiger partial charge on any atom is -0.0753 e. The van der Waals surface area contributed by atoms with E-state index in [1.807, 2.05) is 0 Å². The largest absolute Gasteiger partial charge is 0.0753 e. The van der Waals surface area contributed by atoms with Gasteiger partial charge in [0.1, 0.15) is 0 Å². The Morgan fingerprint density at radius 2 is 2.10 bits per heavy atom. The summed E-state index contributed by atoms with van der Waals surface area (Å²) in [5, 5.41) is 0. The van der Waals surface area contributed by atoms with E-state index in [9.17, 15) is 0 Å². The highest BCUT2D eigenvalue weighted by Gasteiger charge is 2.23. The van der Waals surface area contributed by atoms with Crippen molar-refractivity contribution in [1.29, 1.82) is 0 Å². The Balaban J connectivity index is 2.88. The summed E-state index contributed by atoms with van der Waals surface area (Å²) >= 11 is 0. The third kappa shape index (κ3) is 1.31. The summed E-state index contributed by atoms with van der Waals surface area (Å²) in [6.07, 6.45) is 7.72. The molecule has 0 aliphatic heterocycles. The maximum atomic E-state index is 3.33. The lowest BCUT2D eigenvalue weighted by Gasteiger charge is -2.29. The molecule has 0 saturated carbocycles. The van der Waals surface area contributed by atoms with Crippen LogP contribution in [0, 0.1) is 17.4 Å². The van der Waals surface area contributed by atoms with Gasteiger partial charge in [0.15, 0.2) is 0 Å². The van der Waals surface area contributed by atoms with E-state index in [1.165, 1.54) is 5.57 Å². The zero-order valence-electron chi connectivity index (χ0n) is 7.23. The normalized spacial score (nSPS) is 30.0. The van der Waals surface area contributed by atoms with Crippen molar-refractivity contribution in [2.75, 3.05) is 0 Å². The molecule has 0 N–H and O–H groups in total. The molecule has 0 amide bonds. The molecule has 1 atom stereocenters. The molecule has 0 heteroatoms. The van der Waals surface area contributed by atoms with E-state index in [4.69, 9.17) is 0 Å². The zero-order chi connectivity index (χ0) is 7.78. The lowest BCUT2D eigenvalue weighted by molar-refractivity contribution is 0.352. The van der Waals surface area contributed by atoms with E-state index in [0.717, 1.165) is 0 Å². The molecule has 0 bridgehead atoms. The Hall–Kier alpha value is -0.520. The van der Waals surface area contributed by atoms with Gasteiger partial charge < -0.3 is 0 Å². The molecule has 0 nitrogen and oxygen atoms in total. The molecule has 1 radical (unpaired) electrons. The van der Waals surface area contributed by atoms with Gasteiger partial charge >= 0.3 is 0 Å². The molecule has 0 spiro atoms. The fourth-order valence-corrected chi connectivity index (χ4v) is 1.22. The summed E-state index contributed by atoms with van der Waals surface area (Å²) in [7, 11) is 0. The van der Waals surface area contributed by atoms with Crippen LogP contribution in [0.4, 0.5) is 0 Å². The molecule has 55 valence electrons. The summed E-state index contributed by atoms with van der Waals surface area (Å²) in [5.41, 5.74) is 1.64. The summed E-state index contributed by atoms with van der Waals surface area (Å²) in [6, 6.07) is 0. The van der Waals surface area contributed by atoms with Crippen molar-refractivity contribution in [3.8, 4) is 0 Å². The van der Waals surface area contributed by atoms with Gasteiger partial charge in [-0.05, 0) is 24.3 Å². The molecule has 0 fully saturated rings. The third-order valence-electron chi connectivity index (χ3n) is 2.28. The minimum absolute atomic E-state index is 0.304. The van der Waals surface area contributed by atoms with Crippen LogP contribution < -0.4 is 0 Å². The topological polar surface area (TPSA) is 0 Å². The van der Waals surface area contributed by atoms with Gasteiger partial charge in [-0.3, -0.25) is 0 Å². The number of allylic oxidation sites excluding steroid dienone is 4. The molecule has 1 rings (SSSR count). The Kier molecular flexibility index (Phi) is 1.72. The van der Waals surface area contributed by atoms with Crippen molar-refractivity contribution in [3.05, 3.63) is 23.8 Å². The first-order valence-electron chi connectivity index (χ1n) is 3.81. The molecule has 0 aromatic carbocycles. The molecule has 1 aliphatic carbocycles. The second-order valence-electron chi connectivity index (χ2n) is 3.74. The third-order valence-corrected chi connectivity index (χ3v) is 2.28. The first-order valence-corrected chi connectivity index (χ1v) is 3.81. The van der Waals surface area contributed by atoms with Crippen molar-refractivity contribution in [2.45, 2.75) is 27.7 Å². The average molecular weight is 135 g/mol. The molecular weight excluding hydrogens is 120 g/mol. The second kappa shape index (κ2) is 2.26. The second-order valence-corrected chi connectivity index (χ2v) is 3.74. The summed E-state index contributed by atoms with van der Waals surface area (Å²) in [4.78, 5) is 0. The van der Waals surface area contributed by atoms with Crippen LogP contribution in [0.1, 0.15) is 27.7 Å². The fourth-order valence-electron chi connectivity index (χ4n) is 1.22. The van der Waals surface area contributed by atoms with Crippen LogP contribution in [-0.4, -0.2) is 0 Å². The van der Waals surface area contributed by atoms with Crippen LogP contribution in [-0.2, 0) is 0 Å². The van der Waals surface area contributed by atoms with Gasteiger partial charge in [0.05, 0.1) is 0 Å². The van der Waals surface area contributed by atoms with Gasteiger partial charge in [-0.15, -0.1) is 0 Å².